The number of nitrogens with one attached hydrogen (secondary N) is 1. The van der Waals surface area contributed by atoms with Gasteiger partial charge < -0.3 is 10.1 Å². The van der Waals surface area contributed by atoms with Crippen LogP contribution in [0.15, 0.2) is 77.3 Å². The molecule has 0 aliphatic carbocycles. The standard InChI is InChI=1S/C28H23Cl2N3O3S/c1-3-36-21-12-10-20(11-13-21)33-27(35)25(14-18-8-9-19(29)15-23(18)30)37-28(33)22(16-31)26(34)32-24-7-5-4-6-17(24)2/h4-13,15,25H,3,14H2,1-2H3,(H,32,34)/b28-22-. The lowest BCUT2D eigenvalue weighted by Gasteiger charge is -2.19. The lowest BCUT2D eigenvalue weighted by molar-refractivity contribution is -0.117. The predicted molar refractivity (Wildman–Crippen MR) is 149 cm³/mol. The second-order valence-electron chi connectivity index (χ2n) is 8.21. The van der Waals surface area contributed by atoms with Crippen LogP contribution >= 0.6 is 35.0 Å². The molecule has 37 heavy (non-hydrogen) atoms. The monoisotopic (exact) mass is 551 g/mol. The zero-order valence-corrected chi connectivity index (χ0v) is 22.5. The number of rotatable bonds is 7. The van der Waals surface area contributed by atoms with Crippen molar-refractivity contribution in [3.63, 3.8) is 0 Å². The topological polar surface area (TPSA) is 82.4 Å². The molecule has 2 amide bonds. The highest BCUT2D eigenvalue weighted by Gasteiger charge is 2.41. The first kappa shape index (κ1) is 26.6. The van der Waals surface area contributed by atoms with E-state index in [1.54, 1.807) is 54.6 Å². The quantitative estimate of drug-likeness (QED) is 0.259. The normalized spacial score (nSPS) is 16.4. The number of nitriles is 1. The number of halogens is 2. The molecule has 1 atom stereocenters. The van der Waals surface area contributed by atoms with Gasteiger partial charge in [-0.15, -0.1) is 0 Å². The van der Waals surface area contributed by atoms with Crippen molar-refractivity contribution in [2.24, 2.45) is 0 Å². The van der Waals surface area contributed by atoms with E-state index >= 15 is 0 Å². The summed E-state index contributed by atoms with van der Waals surface area (Å²) in [7, 11) is 0. The van der Waals surface area contributed by atoms with Gasteiger partial charge in [-0.05, 0) is 73.9 Å². The summed E-state index contributed by atoms with van der Waals surface area (Å²) in [6.45, 7) is 4.25. The number of aryl methyl sites for hydroxylation is 1. The van der Waals surface area contributed by atoms with Gasteiger partial charge in [-0.3, -0.25) is 14.5 Å². The molecule has 0 bridgehead atoms. The maximum atomic E-state index is 13.7. The Morgan fingerprint density at radius 1 is 1.14 bits per heavy atom. The summed E-state index contributed by atoms with van der Waals surface area (Å²) in [4.78, 5) is 28.4. The van der Waals surface area contributed by atoms with Crippen LogP contribution in [0.1, 0.15) is 18.1 Å². The molecule has 0 radical (unpaired) electrons. The van der Waals surface area contributed by atoms with Crippen LogP contribution < -0.4 is 15.0 Å². The molecule has 3 aromatic rings. The fraction of sp³-hybridized carbons (Fsp3) is 0.179. The van der Waals surface area contributed by atoms with Gasteiger partial charge in [-0.2, -0.15) is 5.26 Å². The smallest absolute Gasteiger partial charge is 0.269 e. The fourth-order valence-corrected chi connectivity index (χ4v) is 5.65. The van der Waals surface area contributed by atoms with Crippen LogP contribution in [0.3, 0.4) is 0 Å². The van der Waals surface area contributed by atoms with Crippen molar-refractivity contribution in [1.29, 1.82) is 5.26 Å². The molecule has 0 spiro atoms. The Kier molecular flexibility index (Phi) is 8.45. The fourth-order valence-electron chi connectivity index (χ4n) is 3.86. The van der Waals surface area contributed by atoms with Gasteiger partial charge in [0.25, 0.3) is 5.91 Å². The van der Waals surface area contributed by atoms with Crippen LogP contribution in [0, 0.1) is 18.3 Å². The molecule has 4 rings (SSSR count). The first-order valence-electron chi connectivity index (χ1n) is 11.5. The van der Waals surface area contributed by atoms with E-state index in [0.717, 1.165) is 11.1 Å². The van der Waals surface area contributed by atoms with E-state index in [-0.39, 0.29) is 16.5 Å². The number of hydrogen-bond donors (Lipinski definition) is 1. The van der Waals surface area contributed by atoms with Crippen molar-refractivity contribution in [2.75, 3.05) is 16.8 Å². The molecule has 0 saturated carbocycles. The zero-order valence-electron chi connectivity index (χ0n) is 20.1. The zero-order chi connectivity index (χ0) is 26.5. The molecule has 1 fully saturated rings. The highest BCUT2D eigenvalue weighted by Crippen LogP contribution is 2.43. The van der Waals surface area contributed by atoms with Gasteiger partial charge in [0.2, 0.25) is 5.91 Å². The number of amides is 2. The number of benzene rings is 3. The maximum absolute atomic E-state index is 13.7. The number of nitrogens with zero attached hydrogens (tertiary/aromatic N) is 2. The van der Waals surface area contributed by atoms with Crippen LogP contribution in [0.4, 0.5) is 11.4 Å². The van der Waals surface area contributed by atoms with Crippen molar-refractivity contribution < 1.29 is 14.3 Å². The number of carbonyl (C=O) groups is 2. The van der Waals surface area contributed by atoms with Crippen molar-refractivity contribution >= 4 is 58.2 Å². The average Bonchev–Trinajstić information content (AvgIpc) is 3.19. The highest BCUT2D eigenvalue weighted by molar-refractivity contribution is 8.05. The third-order valence-corrected chi connectivity index (χ3v) is 7.57. The largest absolute Gasteiger partial charge is 0.494 e. The minimum Gasteiger partial charge on any atom is -0.494 e. The highest BCUT2D eigenvalue weighted by atomic mass is 35.5. The maximum Gasteiger partial charge on any atom is 0.269 e. The molecule has 188 valence electrons. The van der Waals surface area contributed by atoms with Crippen LogP contribution in [-0.4, -0.2) is 23.7 Å². The summed E-state index contributed by atoms with van der Waals surface area (Å²) in [5.41, 5.74) is 2.56. The minimum absolute atomic E-state index is 0.153. The molecule has 1 unspecified atom stereocenters. The summed E-state index contributed by atoms with van der Waals surface area (Å²) in [5.74, 6) is -0.196. The van der Waals surface area contributed by atoms with Crippen molar-refractivity contribution in [3.05, 3.63) is 98.5 Å². The summed E-state index contributed by atoms with van der Waals surface area (Å²) in [6, 6.07) is 21.4. The summed E-state index contributed by atoms with van der Waals surface area (Å²) in [5, 5.41) is 13.5. The molecule has 1 aliphatic heterocycles. The molecule has 3 aromatic carbocycles. The molecule has 9 heteroatoms. The summed E-state index contributed by atoms with van der Waals surface area (Å²) >= 11 is 13.6. The second kappa shape index (κ2) is 11.7. The van der Waals surface area contributed by atoms with Gasteiger partial charge in [-0.25, -0.2) is 0 Å². The predicted octanol–water partition coefficient (Wildman–Crippen LogP) is 6.77. The molecule has 1 heterocycles. The third kappa shape index (κ3) is 5.94. The Morgan fingerprint density at radius 3 is 2.51 bits per heavy atom. The number of anilines is 2. The molecular weight excluding hydrogens is 529 g/mol. The molecule has 1 N–H and O–H groups in total. The first-order chi connectivity index (χ1) is 17.8. The van der Waals surface area contributed by atoms with Crippen molar-refractivity contribution in [1.82, 2.24) is 0 Å². The van der Waals surface area contributed by atoms with Gasteiger partial charge in [0.05, 0.1) is 11.9 Å². The second-order valence-corrected chi connectivity index (χ2v) is 10.2. The lowest BCUT2D eigenvalue weighted by atomic mass is 10.1. The van der Waals surface area contributed by atoms with Crippen LogP contribution in [0.25, 0.3) is 0 Å². The molecule has 1 saturated heterocycles. The number of ether oxygens (including phenoxy) is 1. The van der Waals surface area contributed by atoms with Crippen LogP contribution in [-0.2, 0) is 16.0 Å². The Bertz CT molecular complexity index is 1420. The average molecular weight is 552 g/mol. The Balaban J connectivity index is 1.74. The minimum atomic E-state index is -0.602. The van der Waals surface area contributed by atoms with Gasteiger partial charge in [-0.1, -0.05) is 59.2 Å². The molecule has 6 nitrogen and oxygen atoms in total. The van der Waals surface area contributed by atoms with Gasteiger partial charge in [0.15, 0.2) is 0 Å². The molecule has 1 aliphatic rings. The van der Waals surface area contributed by atoms with E-state index in [1.807, 2.05) is 32.0 Å². The molecular formula is C28H23Cl2N3O3S. The number of thioether (sulfide) groups is 1. The number of para-hydroxylation sites is 1. The lowest BCUT2D eigenvalue weighted by Crippen LogP contribution is -2.31. The summed E-state index contributed by atoms with van der Waals surface area (Å²) in [6.07, 6.45) is 0.300. The van der Waals surface area contributed by atoms with E-state index in [1.165, 1.54) is 16.7 Å². The van der Waals surface area contributed by atoms with Gasteiger partial charge >= 0.3 is 0 Å². The summed E-state index contributed by atoms with van der Waals surface area (Å²) < 4.78 is 5.52. The van der Waals surface area contributed by atoms with E-state index in [4.69, 9.17) is 27.9 Å². The van der Waals surface area contributed by atoms with E-state index in [0.29, 0.717) is 40.2 Å². The molecule has 0 aromatic heterocycles. The van der Waals surface area contributed by atoms with E-state index in [9.17, 15) is 14.9 Å². The Hall–Kier alpha value is -3.44. The Morgan fingerprint density at radius 2 is 1.86 bits per heavy atom. The van der Waals surface area contributed by atoms with Crippen molar-refractivity contribution in [3.8, 4) is 11.8 Å². The van der Waals surface area contributed by atoms with Gasteiger partial charge in [0.1, 0.15) is 22.4 Å². The van der Waals surface area contributed by atoms with E-state index in [2.05, 4.69) is 5.32 Å². The number of hydrogen-bond acceptors (Lipinski definition) is 5. The SMILES string of the molecule is CCOc1ccc(N2C(=O)C(Cc3ccc(Cl)cc3Cl)S/C2=C(/C#N)C(=O)Nc2ccccc2C)cc1. The Labute approximate surface area is 229 Å². The van der Waals surface area contributed by atoms with Gasteiger partial charge in [0, 0.05) is 21.4 Å². The van der Waals surface area contributed by atoms with Crippen molar-refractivity contribution in [2.45, 2.75) is 25.5 Å². The van der Waals surface area contributed by atoms with E-state index < -0.39 is 11.2 Å². The number of carbonyl (C=O) groups excluding carboxylic acids is 2. The third-order valence-electron chi connectivity index (χ3n) is 5.73. The first-order valence-corrected chi connectivity index (χ1v) is 13.1. The van der Waals surface area contributed by atoms with Crippen LogP contribution in [0.2, 0.25) is 10.0 Å². The van der Waals surface area contributed by atoms with Crippen LogP contribution in [0.5, 0.6) is 5.75 Å².